The molecule has 1 heterocycles. The topological polar surface area (TPSA) is 47.4 Å². The van der Waals surface area contributed by atoms with Gasteiger partial charge in [-0.25, -0.2) is 0 Å². The average Bonchev–Trinajstić information content (AvgIpc) is 2.93. The zero-order chi connectivity index (χ0) is 14.5. The Morgan fingerprint density at radius 2 is 2.20 bits per heavy atom. The summed E-state index contributed by atoms with van der Waals surface area (Å²) < 4.78 is 7.03. The van der Waals surface area contributed by atoms with E-state index < -0.39 is 0 Å². The molecule has 1 aromatic heterocycles. The molecule has 1 amide bonds. The fraction of sp³-hybridized carbons (Fsp3) is 0.333. The standard InChI is InChI=1S/C15H19N3O2/c1-4-18-13(8-9-16-18)11-17(2)15(19)12-6-5-7-14(10-12)20-3/h5-10H,4,11H2,1-3H3. The van der Waals surface area contributed by atoms with Crippen molar-refractivity contribution in [3.05, 3.63) is 47.8 Å². The fourth-order valence-corrected chi connectivity index (χ4v) is 2.07. The highest BCUT2D eigenvalue weighted by Gasteiger charge is 2.14. The Morgan fingerprint density at radius 3 is 2.90 bits per heavy atom. The molecule has 0 radical (unpaired) electrons. The first-order valence-electron chi connectivity index (χ1n) is 6.56. The fourth-order valence-electron chi connectivity index (χ4n) is 2.07. The highest BCUT2D eigenvalue weighted by molar-refractivity contribution is 5.94. The van der Waals surface area contributed by atoms with Crippen LogP contribution in [-0.2, 0) is 13.1 Å². The van der Waals surface area contributed by atoms with Gasteiger partial charge in [0.05, 0.1) is 19.3 Å². The van der Waals surface area contributed by atoms with E-state index in [0.29, 0.717) is 17.9 Å². The van der Waals surface area contributed by atoms with Crippen molar-refractivity contribution in [2.24, 2.45) is 0 Å². The predicted octanol–water partition coefficient (Wildman–Crippen LogP) is 2.18. The molecule has 0 aliphatic heterocycles. The lowest BCUT2D eigenvalue weighted by molar-refractivity contribution is 0.0781. The molecule has 20 heavy (non-hydrogen) atoms. The maximum atomic E-state index is 12.4. The number of nitrogens with zero attached hydrogens (tertiary/aromatic N) is 3. The van der Waals surface area contributed by atoms with Crippen LogP contribution in [0.4, 0.5) is 0 Å². The van der Waals surface area contributed by atoms with E-state index in [1.165, 1.54) is 0 Å². The van der Waals surface area contributed by atoms with E-state index in [0.717, 1.165) is 12.2 Å². The summed E-state index contributed by atoms with van der Waals surface area (Å²) in [6.07, 6.45) is 1.75. The van der Waals surface area contributed by atoms with E-state index >= 15 is 0 Å². The van der Waals surface area contributed by atoms with Crippen LogP contribution in [0.15, 0.2) is 36.5 Å². The van der Waals surface area contributed by atoms with Gasteiger partial charge in [0, 0.05) is 25.4 Å². The van der Waals surface area contributed by atoms with Crippen LogP contribution in [0.25, 0.3) is 0 Å². The summed E-state index contributed by atoms with van der Waals surface area (Å²) in [4.78, 5) is 14.1. The Morgan fingerprint density at radius 1 is 1.40 bits per heavy atom. The molecule has 106 valence electrons. The van der Waals surface area contributed by atoms with Gasteiger partial charge in [-0.1, -0.05) is 6.07 Å². The third-order valence-electron chi connectivity index (χ3n) is 3.17. The van der Waals surface area contributed by atoms with Crippen molar-refractivity contribution in [3.63, 3.8) is 0 Å². The normalized spacial score (nSPS) is 10.3. The molecule has 0 saturated carbocycles. The van der Waals surface area contributed by atoms with E-state index in [1.54, 1.807) is 37.4 Å². The summed E-state index contributed by atoms with van der Waals surface area (Å²) in [7, 11) is 3.38. The van der Waals surface area contributed by atoms with E-state index in [-0.39, 0.29) is 5.91 Å². The number of aryl methyl sites for hydroxylation is 1. The lowest BCUT2D eigenvalue weighted by Crippen LogP contribution is -2.27. The minimum Gasteiger partial charge on any atom is -0.497 e. The number of ether oxygens (including phenoxy) is 1. The highest BCUT2D eigenvalue weighted by atomic mass is 16.5. The summed E-state index contributed by atoms with van der Waals surface area (Å²) >= 11 is 0. The molecule has 1 aromatic carbocycles. The van der Waals surface area contributed by atoms with Gasteiger partial charge >= 0.3 is 0 Å². The molecule has 0 aliphatic rings. The largest absolute Gasteiger partial charge is 0.497 e. The van der Waals surface area contributed by atoms with Gasteiger partial charge in [-0.15, -0.1) is 0 Å². The van der Waals surface area contributed by atoms with Crippen molar-refractivity contribution in [1.82, 2.24) is 14.7 Å². The smallest absolute Gasteiger partial charge is 0.254 e. The minimum atomic E-state index is -0.0345. The van der Waals surface area contributed by atoms with Crippen molar-refractivity contribution in [2.45, 2.75) is 20.0 Å². The molecule has 2 rings (SSSR count). The lowest BCUT2D eigenvalue weighted by Gasteiger charge is -2.18. The van der Waals surface area contributed by atoms with E-state index in [1.807, 2.05) is 29.8 Å². The van der Waals surface area contributed by atoms with Gasteiger partial charge in [-0.3, -0.25) is 9.48 Å². The number of carbonyl (C=O) groups is 1. The molecule has 0 bridgehead atoms. The van der Waals surface area contributed by atoms with Gasteiger partial charge in [0.1, 0.15) is 5.75 Å². The lowest BCUT2D eigenvalue weighted by atomic mass is 10.2. The number of aromatic nitrogens is 2. The molecule has 0 spiro atoms. The molecule has 0 unspecified atom stereocenters. The molecular formula is C15H19N3O2. The first-order chi connectivity index (χ1) is 9.65. The monoisotopic (exact) mass is 273 g/mol. The second kappa shape index (κ2) is 6.23. The molecule has 0 aliphatic carbocycles. The molecule has 0 fully saturated rings. The zero-order valence-electron chi connectivity index (χ0n) is 12.0. The van der Waals surface area contributed by atoms with Crippen LogP contribution in [0.3, 0.4) is 0 Å². The molecule has 5 nitrogen and oxygen atoms in total. The SMILES string of the molecule is CCn1nccc1CN(C)C(=O)c1cccc(OC)c1. The maximum absolute atomic E-state index is 12.4. The quantitative estimate of drug-likeness (QED) is 0.839. The number of hydrogen-bond donors (Lipinski definition) is 0. The third-order valence-corrected chi connectivity index (χ3v) is 3.17. The van der Waals surface area contributed by atoms with Gasteiger partial charge in [0.25, 0.3) is 5.91 Å². The molecule has 2 aromatic rings. The third kappa shape index (κ3) is 2.99. The maximum Gasteiger partial charge on any atom is 0.254 e. The van der Waals surface area contributed by atoms with Crippen LogP contribution in [-0.4, -0.2) is 34.7 Å². The Hall–Kier alpha value is -2.30. The number of amides is 1. The van der Waals surface area contributed by atoms with Crippen molar-refractivity contribution in [2.75, 3.05) is 14.2 Å². The molecule has 0 N–H and O–H groups in total. The van der Waals surface area contributed by atoms with Gasteiger partial charge in [0.2, 0.25) is 0 Å². The zero-order valence-corrected chi connectivity index (χ0v) is 12.0. The molecule has 5 heteroatoms. The number of rotatable bonds is 5. The van der Waals surface area contributed by atoms with E-state index in [4.69, 9.17) is 4.74 Å². The van der Waals surface area contributed by atoms with Crippen molar-refractivity contribution in [3.8, 4) is 5.75 Å². The van der Waals surface area contributed by atoms with Gasteiger partial charge in [-0.05, 0) is 31.2 Å². The van der Waals surface area contributed by atoms with Crippen LogP contribution in [0.2, 0.25) is 0 Å². The van der Waals surface area contributed by atoms with Crippen LogP contribution in [0, 0.1) is 0 Å². The van der Waals surface area contributed by atoms with Crippen molar-refractivity contribution >= 4 is 5.91 Å². The van der Waals surface area contributed by atoms with Gasteiger partial charge < -0.3 is 9.64 Å². The second-order valence-electron chi connectivity index (χ2n) is 4.53. The Bertz CT molecular complexity index is 592. The Labute approximate surface area is 118 Å². The Balaban J connectivity index is 2.12. The highest BCUT2D eigenvalue weighted by Crippen LogP contribution is 2.15. The molecule has 0 atom stereocenters. The number of carbonyl (C=O) groups excluding carboxylic acids is 1. The summed E-state index contributed by atoms with van der Waals surface area (Å²) in [5.41, 5.74) is 1.64. The van der Waals surface area contributed by atoms with Crippen LogP contribution >= 0.6 is 0 Å². The Kier molecular flexibility index (Phi) is 4.40. The second-order valence-corrected chi connectivity index (χ2v) is 4.53. The van der Waals surface area contributed by atoms with Gasteiger partial charge in [0.15, 0.2) is 0 Å². The first-order valence-corrected chi connectivity index (χ1v) is 6.56. The van der Waals surface area contributed by atoms with Crippen molar-refractivity contribution < 1.29 is 9.53 Å². The van der Waals surface area contributed by atoms with E-state index in [9.17, 15) is 4.79 Å². The van der Waals surface area contributed by atoms with Crippen LogP contribution < -0.4 is 4.74 Å². The summed E-state index contributed by atoms with van der Waals surface area (Å²) in [6.45, 7) is 3.35. The average molecular weight is 273 g/mol. The van der Waals surface area contributed by atoms with Crippen molar-refractivity contribution in [1.29, 1.82) is 0 Å². The summed E-state index contributed by atoms with van der Waals surface area (Å²) in [5.74, 6) is 0.649. The summed E-state index contributed by atoms with van der Waals surface area (Å²) in [6, 6.07) is 9.10. The van der Waals surface area contributed by atoms with Gasteiger partial charge in [-0.2, -0.15) is 5.10 Å². The molecular weight excluding hydrogens is 254 g/mol. The molecule has 0 saturated heterocycles. The first kappa shape index (κ1) is 14.1. The number of benzene rings is 1. The minimum absolute atomic E-state index is 0.0345. The number of hydrogen-bond acceptors (Lipinski definition) is 3. The number of methoxy groups -OCH3 is 1. The predicted molar refractivity (Wildman–Crippen MR) is 76.7 cm³/mol. The summed E-state index contributed by atoms with van der Waals surface area (Å²) in [5, 5.41) is 4.21. The van der Waals surface area contributed by atoms with E-state index in [2.05, 4.69) is 5.10 Å². The van der Waals surface area contributed by atoms with Crippen LogP contribution in [0.5, 0.6) is 5.75 Å². The van der Waals surface area contributed by atoms with Crippen LogP contribution in [0.1, 0.15) is 23.0 Å².